The molecule has 0 saturated heterocycles. The number of nitrogens with one attached hydrogen (secondary N) is 1. The normalized spacial score (nSPS) is 11.2. The molecule has 6 nitrogen and oxygen atoms in total. The van der Waals surface area contributed by atoms with Crippen molar-refractivity contribution in [1.29, 1.82) is 0 Å². The molecule has 0 aliphatic heterocycles. The summed E-state index contributed by atoms with van der Waals surface area (Å²) in [5.74, 6) is 0. The van der Waals surface area contributed by atoms with Gasteiger partial charge in [0.1, 0.15) is 0 Å². The molecular formula is C10H15N3O3. The van der Waals surface area contributed by atoms with Gasteiger partial charge in [-0.1, -0.05) is 0 Å². The standard InChI is InChI=1S/C10H15N3O3/c1-10(2,14)6-12-9-4-3-7(13(15)16)5-8(9)11/h3-5,12,14H,6,11H2,1-2H3. The van der Waals surface area contributed by atoms with Crippen molar-refractivity contribution in [2.75, 3.05) is 17.6 Å². The lowest BCUT2D eigenvalue weighted by molar-refractivity contribution is -0.384. The van der Waals surface area contributed by atoms with Gasteiger partial charge in [-0.3, -0.25) is 10.1 Å². The summed E-state index contributed by atoms with van der Waals surface area (Å²) in [7, 11) is 0. The average molecular weight is 225 g/mol. The minimum atomic E-state index is -0.867. The fourth-order valence-corrected chi connectivity index (χ4v) is 1.14. The zero-order chi connectivity index (χ0) is 12.3. The summed E-state index contributed by atoms with van der Waals surface area (Å²) in [6.45, 7) is 3.62. The second-order valence-electron chi connectivity index (χ2n) is 4.19. The minimum absolute atomic E-state index is 0.0497. The van der Waals surface area contributed by atoms with E-state index in [9.17, 15) is 15.2 Å². The van der Waals surface area contributed by atoms with Crippen molar-refractivity contribution in [2.24, 2.45) is 0 Å². The number of nitrogens with two attached hydrogens (primary N) is 1. The molecule has 4 N–H and O–H groups in total. The fourth-order valence-electron chi connectivity index (χ4n) is 1.14. The first-order valence-electron chi connectivity index (χ1n) is 4.80. The first-order chi connectivity index (χ1) is 7.29. The van der Waals surface area contributed by atoms with Gasteiger partial charge in [0, 0.05) is 18.7 Å². The van der Waals surface area contributed by atoms with Crippen LogP contribution in [-0.2, 0) is 0 Å². The molecule has 1 aromatic rings. The quantitative estimate of drug-likeness (QED) is 0.408. The van der Waals surface area contributed by atoms with E-state index < -0.39 is 10.5 Å². The summed E-state index contributed by atoms with van der Waals surface area (Å²) < 4.78 is 0. The first-order valence-corrected chi connectivity index (χ1v) is 4.80. The van der Waals surface area contributed by atoms with E-state index in [1.165, 1.54) is 18.2 Å². The Balaban J connectivity index is 2.80. The molecule has 88 valence electrons. The lowest BCUT2D eigenvalue weighted by Gasteiger charge is -2.19. The van der Waals surface area contributed by atoms with Gasteiger partial charge in [0.15, 0.2) is 0 Å². The molecule has 0 unspecified atom stereocenters. The van der Waals surface area contributed by atoms with Crippen LogP contribution in [0.15, 0.2) is 18.2 Å². The molecule has 0 amide bonds. The molecule has 6 heteroatoms. The first kappa shape index (κ1) is 12.3. The molecule has 0 aromatic heterocycles. The van der Waals surface area contributed by atoms with Gasteiger partial charge >= 0.3 is 0 Å². The molecule has 1 rings (SSSR count). The Morgan fingerprint density at radius 2 is 2.19 bits per heavy atom. The van der Waals surface area contributed by atoms with E-state index in [0.717, 1.165) is 0 Å². The molecule has 0 bridgehead atoms. The van der Waals surface area contributed by atoms with Crippen molar-refractivity contribution in [3.63, 3.8) is 0 Å². The van der Waals surface area contributed by atoms with Gasteiger partial charge in [0.2, 0.25) is 0 Å². The zero-order valence-corrected chi connectivity index (χ0v) is 9.23. The van der Waals surface area contributed by atoms with E-state index in [4.69, 9.17) is 5.73 Å². The van der Waals surface area contributed by atoms with Crippen LogP contribution in [0.5, 0.6) is 0 Å². The summed E-state index contributed by atoms with van der Waals surface area (Å²) in [6, 6.07) is 4.18. The molecular weight excluding hydrogens is 210 g/mol. The van der Waals surface area contributed by atoms with Gasteiger partial charge in [-0.05, 0) is 19.9 Å². The highest BCUT2D eigenvalue weighted by Gasteiger charge is 2.13. The SMILES string of the molecule is CC(C)(O)CNc1ccc([N+](=O)[O-])cc1N. The molecule has 0 aliphatic rings. The molecule has 0 saturated carbocycles. The molecule has 16 heavy (non-hydrogen) atoms. The summed E-state index contributed by atoms with van der Waals surface area (Å²) in [5, 5.41) is 22.9. The van der Waals surface area contributed by atoms with Crippen LogP contribution in [0.3, 0.4) is 0 Å². The molecule has 1 aromatic carbocycles. The third-order valence-corrected chi connectivity index (χ3v) is 1.96. The summed E-state index contributed by atoms with van der Waals surface area (Å²) in [4.78, 5) is 9.97. The molecule has 0 radical (unpaired) electrons. The van der Waals surface area contributed by atoms with E-state index in [2.05, 4.69) is 5.32 Å². The Hall–Kier alpha value is -1.82. The monoisotopic (exact) mass is 225 g/mol. The van der Waals surface area contributed by atoms with Gasteiger partial charge in [0.25, 0.3) is 5.69 Å². The Labute approximate surface area is 93.2 Å². The maximum Gasteiger partial charge on any atom is 0.271 e. The van der Waals surface area contributed by atoms with Crippen molar-refractivity contribution in [3.8, 4) is 0 Å². The van der Waals surface area contributed by atoms with Gasteiger partial charge < -0.3 is 16.2 Å². The number of aliphatic hydroxyl groups is 1. The van der Waals surface area contributed by atoms with Crippen molar-refractivity contribution >= 4 is 17.1 Å². The van der Waals surface area contributed by atoms with E-state index in [1.807, 2.05) is 0 Å². The molecule has 0 fully saturated rings. The highest BCUT2D eigenvalue weighted by atomic mass is 16.6. The molecule has 0 atom stereocenters. The number of nitro groups is 1. The molecule has 0 aliphatic carbocycles. The van der Waals surface area contributed by atoms with E-state index >= 15 is 0 Å². The van der Waals surface area contributed by atoms with Crippen LogP contribution >= 0.6 is 0 Å². The zero-order valence-electron chi connectivity index (χ0n) is 9.23. The highest BCUT2D eigenvalue weighted by molar-refractivity contribution is 5.69. The van der Waals surface area contributed by atoms with Crippen molar-refractivity contribution in [2.45, 2.75) is 19.4 Å². The number of rotatable bonds is 4. The van der Waals surface area contributed by atoms with Gasteiger partial charge in [-0.15, -0.1) is 0 Å². The average Bonchev–Trinajstić information content (AvgIpc) is 2.14. The van der Waals surface area contributed by atoms with Crippen LogP contribution in [-0.4, -0.2) is 22.2 Å². The van der Waals surface area contributed by atoms with Crippen LogP contribution in [0.4, 0.5) is 17.1 Å². The number of hydrogen-bond acceptors (Lipinski definition) is 5. The molecule has 0 spiro atoms. The Kier molecular flexibility index (Phi) is 3.34. The van der Waals surface area contributed by atoms with E-state index in [0.29, 0.717) is 17.9 Å². The third-order valence-electron chi connectivity index (χ3n) is 1.96. The van der Waals surface area contributed by atoms with Crippen LogP contribution in [0.1, 0.15) is 13.8 Å². The van der Waals surface area contributed by atoms with Crippen molar-refractivity contribution in [3.05, 3.63) is 28.3 Å². The largest absolute Gasteiger partial charge is 0.397 e. The van der Waals surface area contributed by atoms with Crippen LogP contribution < -0.4 is 11.1 Å². The van der Waals surface area contributed by atoms with Gasteiger partial charge in [-0.25, -0.2) is 0 Å². The predicted molar refractivity (Wildman–Crippen MR) is 62.3 cm³/mol. The smallest absolute Gasteiger partial charge is 0.271 e. The van der Waals surface area contributed by atoms with Crippen LogP contribution in [0, 0.1) is 10.1 Å². The summed E-state index contributed by atoms with van der Waals surface area (Å²) in [5.41, 5.74) is 5.59. The van der Waals surface area contributed by atoms with Crippen molar-refractivity contribution in [1.82, 2.24) is 0 Å². The predicted octanol–water partition coefficient (Wildman–Crippen LogP) is 1.36. The maximum absolute atomic E-state index is 10.5. The number of benzene rings is 1. The number of non-ortho nitro benzene ring substituents is 1. The number of hydrogen-bond donors (Lipinski definition) is 3. The number of nitrogen functional groups attached to an aromatic ring is 1. The highest BCUT2D eigenvalue weighted by Crippen LogP contribution is 2.24. The van der Waals surface area contributed by atoms with E-state index in [-0.39, 0.29) is 5.69 Å². The minimum Gasteiger partial charge on any atom is -0.397 e. The van der Waals surface area contributed by atoms with Crippen LogP contribution in [0.25, 0.3) is 0 Å². The summed E-state index contributed by atoms with van der Waals surface area (Å²) in [6.07, 6.45) is 0. The topological polar surface area (TPSA) is 101 Å². The maximum atomic E-state index is 10.5. The Morgan fingerprint density at radius 1 is 1.56 bits per heavy atom. The molecule has 0 heterocycles. The Bertz CT molecular complexity index is 399. The number of nitrogens with zero attached hydrogens (tertiary/aromatic N) is 1. The number of anilines is 2. The Morgan fingerprint density at radius 3 is 2.62 bits per heavy atom. The van der Waals surface area contributed by atoms with E-state index in [1.54, 1.807) is 13.8 Å². The fraction of sp³-hybridized carbons (Fsp3) is 0.400. The van der Waals surface area contributed by atoms with Crippen LogP contribution in [0.2, 0.25) is 0 Å². The van der Waals surface area contributed by atoms with Crippen molar-refractivity contribution < 1.29 is 10.0 Å². The lowest BCUT2D eigenvalue weighted by atomic mass is 10.1. The second kappa shape index (κ2) is 4.36. The second-order valence-corrected chi connectivity index (χ2v) is 4.19. The number of nitro benzene ring substituents is 1. The summed E-state index contributed by atoms with van der Waals surface area (Å²) >= 11 is 0. The lowest BCUT2D eigenvalue weighted by Crippen LogP contribution is -2.29. The third kappa shape index (κ3) is 3.39. The van der Waals surface area contributed by atoms with Gasteiger partial charge in [0.05, 0.1) is 21.9 Å². The van der Waals surface area contributed by atoms with Gasteiger partial charge in [-0.2, -0.15) is 0 Å².